The van der Waals surface area contributed by atoms with E-state index in [1.165, 1.54) is 35.4 Å². The fraction of sp³-hybridized carbons (Fsp3) is 0.0714. The molecule has 0 aliphatic rings. The number of benzene rings is 1. The second-order valence-electron chi connectivity index (χ2n) is 4.52. The number of hydrogen-bond donors (Lipinski definition) is 1. The molecule has 0 saturated heterocycles. The normalized spacial score (nSPS) is 10.3. The maximum atomic E-state index is 13.5. The lowest BCUT2D eigenvalue weighted by molar-refractivity contribution is 0.102. The van der Waals surface area contributed by atoms with Crippen LogP contribution in [-0.4, -0.2) is 30.9 Å². The quantitative estimate of drug-likeness (QED) is 0.789. The van der Waals surface area contributed by atoms with Gasteiger partial charge in [-0.1, -0.05) is 17.3 Å². The Hall–Kier alpha value is -3.36. The molecule has 1 aromatic carbocycles. The van der Waals surface area contributed by atoms with Crippen molar-refractivity contribution < 1.29 is 13.9 Å². The Morgan fingerprint density at radius 2 is 2.00 bits per heavy atom. The lowest BCUT2D eigenvalue weighted by atomic mass is 10.3. The van der Waals surface area contributed by atoms with Crippen molar-refractivity contribution in [3.8, 4) is 11.8 Å². The summed E-state index contributed by atoms with van der Waals surface area (Å²) in [7, 11) is 1.65. The lowest BCUT2D eigenvalue weighted by Gasteiger charge is -2.05. The first kappa shape index (κ1) is 14.6. The number of anilines is 1. The average molecular weight is 314 g/mol. The molecule has 0 atom stereocenters. The minimum Gasteiger partial charge on any atom is -0.421 e. The predicted molar refractivity (Wildman–Crippen MR) is 77.5 cm³/mol. The van der Waals surface area contributed by atoms with Gasteiger partial charge in [-0.15, -0.1) is 5.10 Å². The van der Waals surface area contributed by atoms with Crippen LogP contribution in [0.15, 0.2) is 42.9 Å². The van der Waals surface area contributed by atoms with Gasteiger partial charge in [0.25, 0.3) is 5.91 Å². The first-order chi connectivity index (χ1) is 11.1. The molecule has 0 saturated carbocycles. The van der Waals surface area contributed by atoms with E-state index in [9.17, 15) is 9.18 Å². The topological polar surface area (TPSA) is 94.8 Å². The number of halogens is 1. The Kier molecular flexibility index (Phi) is 3.91. The van der Waals surface area contributed by atoms with Crippen LogP contribution >= 0.6 is 0 Å². The van der Waals surface area contributed by atoms with Crippen LogP contribution in [0.4, 0.5) is 10.1 Å². The van der Waals surface area contributed by atoms with Gasteiger partial charge in [0.1, 0.15) is 0 Å². The molecule has 2 heterocycles. The molecule has 3 aromatic rings. The molecule has 3 rings (SSSR count). The number of carbonyl (C=O) groups is 1. The standard InChI is InChI=1S/C14H11FN6O2/c1-21-8-11(19-20-21)13(22)18-9-6-16-14(17-7-9)23-12-5-3-2-4-10(12)15/h2-8H,1H3,(H,18,22). The van der Waals surface area contributed by atoms with Crippen molar-refractivity contribution >= 4 is 11.6 Å². The van der Waals surface area contributed by atoms with Crippen LogP contribution in [0.5, 0.6) is 11.8 Å². The largest absolute Gasteiger partial charge is 0.421 e. The van der Waals surface area contributed by atoms with E-state index in [2.05, 4.69) is 25.6 Å². The van der Waals surface area contributed by atoms with Gasteiger partial charge in [0, 0.05) is 7.05 Å². The summed E-state index contributed by atoms with van der Waals surface area (Å²) < 4.78 is 20.1. The van der Waals surface area contributed by atoms with Crippen LogP contribution < -0.4 is 10.1 Å². The molecular formula is C14H11FN6O2. The van der Waals surface area contributed by atoms with Gasteiger partial charge in [-0.05, 0) is 12.1 Å². The highest BCUT2D eigenvalue weighted by molar-refractivity contribution is 6.02. The van der Waals surface area contributed by atoms with E-state index < -0.39 is 11.7 Å². The number of carbonyl (C=O) groups excluding carboxylic acids is 1. The van der Waals surface area contributed by atoms with Gasteiger partial charge in [-0.2, -0.15) is 0 Å². The van der Waals surface area contributed by atoms with Crippen molar-refractivity contribution in [3.63, 3.8) is 0 Å². The second kappa shape index (κ2) is 6.18. The van der Waals surface area contributed by atoms with Gasteiger partial charge in [0.2, 0.25) is 0 Å². The third-order valence-electron chi connectivity index (χ3n) is 2.76. The van der Waals surface area contributed by atoms with Gasteiger partial charge in [0.05, 0.1) is 24.3 Å². The monoisotopic (exact) mass is 314 g/mol. The minimum absolute atomic E-state index is 0.0174. The van der Waals surface area contributed by atoms with Crippen molar-refractivity contribution in [1.29, 1.82) is 0 Å². The summed E-state index contributed by atoms with van der Waals surface area (Å²) in [6.07, 6.45) is 4.17. The second-order valence-corrected chi connectivity index (χ2v) is 4.52. The molecule has 0 radical (unpaired) electrons. The zero-order valence-electron chi connectivity index (χ0n) is 12.0. The Bertz CT molecular complexity index is 833. The number of nitrogens with one attached hydrogen (secondary N) is 1. The van der Waals surface area contributed by atoms with Crippen molar-refractivity contribution in [1.82, 2.24) is 25.0 Å². The Labute approximate surface area is 130 Å². The van der Waals surface area contributed by atoms with Crippen LogP contribution in [0.1, 0.15) is 10.5 Å². The summed E-state index contributed by atoms with van der Waals surface area (Å²) in [5.74, 6) is -0.940. The van der Waals surface area contributed by atoms with Crippen LogP contribution in [0.3, 0.4) is 0 Å². The van der Waals surface area contributed by atoms with E-state index in [0.717, 1.165) is 0 Å². The molecule has 1 amide bonds. The van der Waals surface area contributed by atoms with E-state index in [1.807, 2.05) is 0 Å². The maximum absolute atomic E-state index is 13.5. The molecule has 0 unspecified atom stereocenters. The van der Waals surface area contributed by atoms with Crippen molar-refractivity contribution in [2.45, 2.75) is 0 Å². The summed E-state index contributed by atoms with van der Waals surface area (Å²) in [6, 6.07) is 5.88. The SMILES string of the molecule is Cn1cc(C(=O)Nc2cnc(Oc3ccccc3F)nc2)nn1. The molecule has 1 N–H and O–H groups in total. The van der Waals surface area contributed by atoms with Crippen molar-refractivity contribution in [3.05, 3.63) is 54.4 Å². The smallest absolute Gasteiger partial charge is 0.322 e. The first-order valence-corrected chi connectivity index (χ1v) is 6.54. The molecule has 0 aliphatic carbocycles. The molecule has 0 fully saturated rings. The number of para-hydroxylation sites is 1. The fourth-order valence-electron chi connectivity index (χ4n) is 1.71. The van der Waals surface area contributed by atoms with Crippen molar-refractivity contribution in [2.75, 3.05) is 5.32 Å². The summed E-state index contributed by atoms with van der Waals surface area (Å²) in [5.41, 5.74) is 0.515. The van der Waals surface area contributed by atoms with Gasteiger partial charge in [-0.3, -0.25) is 9.48 Å². The van der Waals surface area contributed by atoms with E-state index in [1.54, 1.807) is 19.2 Å². The molecule has 8 nitrogen and oxygen atoms in total. The van der Waals surface area contributed by atoms with E-state index in [4.69, 9.17) is 4.74 Å². The molecule has 9 heteroatoms. The summed E-state index contributed by atoms with van der Waals surface area (Å²) in [6.45, 7) is 0. The maximum Gasteiger partial charge on any atom is 0.322 e. The average Bonchev–Trinajstić information content (AvgIpc) is 2.98. The number of ether oxygens (including phenoxy) is 1. The zero-order valence-corrected chi connectivity index (χ0v) is 12.0. The number of nitrogens with zero attached hydrogens (tertiary/aromatic N) is 5. The molecule has 23 heavy (non-hydrogen) atoms. The van der Waals surface area contributed by atoms with Crippen LogP contribution in [-0.2, 0) is 7.05 Å². The van der Waals surface area contributed by atoms with Crippen LogP contribution in [0, 0.1) is 5.82 Å². The Balaban J connectivity index is 1.67. The molecule has 2 aromatic heterocycles. The van der Waals surface area contributed by atoms with Gasteiger partial charge >= 0.3 is 6.01 Å². The predicted octanol–water partition coefficient (Wildman–Crippen LogP) is 1.79. The van der Waals surface area contributed by atoms with Gasteiger partial charge in [-0.25, -0.2) is 14.4 Å². The Morgan fingerprint density at radius 3 is 2.65 bits per heavy atom. The number of aromatic nitrogens is 5. The summed E-state index contributed by atoms with van der Waals surface area (Å²) >= 11 is 0. The summed E-state index contributed by atoms with van der Waals surface area (Å²) in [4.78, 5) is 19.7. The fourth-order valence-corrected chi connectivity index (χ4v) is 1.71. The highest BCUT2D eigenvalue weighted by Crippen LogP contribution is 2.21. The third-order valence-corrected chi connectivity index (χ3v) is 2.76. The third kappa shape index (κ3) is 3.46. The van der Waals surface area contributed by atoms with Crippen LogP contribution in [0.2, 0.25) is 0 Å². The van der Waals surface area contributed by atoms with Gasteiger partial charge < -0.3 is 10.1 Å². The number of rotatable bonds is 4. The highest BCUT2D eigenvalue weighted by Gasteiger charge is 2.11. The van der Waals surface area contributed by atoms with E-state index in [-0.39, 0.29) is 17.5 Å². The molecule has 0 aliphatic heterocycles. The molecule has 116 valence electrons. The van der Waals surface area contributed by atoms with E-state index >= 15 is 0 Å². The number of amides is 1. The van der Waals surface area contributed by atoms with Crippen LogP contribution in [0.25, 0.3) is 0 Å². The molecule has 0 spiro atoms. The van der Waals surface area contributed by atoms with Crippen molar-refractivity contribution in [2.24, 2.45) is 7.05 Å². The molecule has 0 bridgehead atoms. The molecular weight excluding hydrogens is 303 g/mol. The van der Waals surface area contributed by atoms with Gasteiger partial charge in [0.15, 0.2) is 17.3 Å². The number of hydrogen-bond acceptors (Lipinski definition) is 6. The lowest BCUT2D eigenvalue weighted by Crippen LogP contribution is -2.13. The summed E-state index contributed by atoms with van der Waals surface area (Å²) in [5, 5.41) is 9.92. The first-order valence-electron chi connectivity index (χ1n) is 6.54. The highest BCUT2D eigenvalue weighted by atomic mass is 19.1. The van der Waals surface area contributed by atoms with E-state index in [0.29, 0.717) is 5.69 Å². The zero-order chi connectivity index (χ0) is 16.2. The minimum atomic E-state index is -0.517. The Morgan fingerprint density at radius 1 is 1.26 bits per heavy atom. The number of aryl methyl sites for hydroxylation is 1.